The lowest BCUT2D eigenvalue weighted by molar-refractivity contribution is 0.419. The third-order valence-corrected chi connectivity index (χ3v) is 5.25. The molecular formula is C17H24FIN4S. The van der Waals surface area contributed by atoms with Crippen molar-refractivity contribution in [3.8, 4) is 6.07 Å². The maximum atomic E-state index is 13.9. The first-order valence-electron chi connectivity index (χ1n) is 7.84. The third-order valence-electron chi connectivity index (χ3n) is 4.15. The van der Waals surface area contributed by atoms with Crippen molar-refractivity contribution >= 4 is 41.7 Å². The Balaban J connectivity index is 0.00000288. The molecule has 2 unspecified atom stereocenters. The molecule has 0 aliphatic heterocycles. The molecule has 1 aliphatic rings. The van der Waals surface area contributed by atoms with Gasteiger partial charge >= 0.3 is 0 Å². The van der Waals surface area contributed by atoms with E-state index in [2.05, 4.69) is 21.9 Å². The predicted octanol–water partition coefficient (Wildman–Crippen LogP) is 3.65. The van der Waals surface area contributed by atoms with Crippen molar-refractivity contribution in [2.24, 2.45) is 4.99 Å². The number of guanidine groups is 1. The van der Waals surface area contributed by atoms with Crippen LogP contribution in [0.1, 0.15) is 36.8 Å². The summed E-state index contributed by atoms with van der Waals surface area (Å²) in [6.07, 6.45) is 6.94. The van der Waals surface area contributed by atoms with Crippen LogP contribution in [0.4, 0.5) is 4.39 Å². The van der Waals surface area contributed by atoms with Gasteiger partial charge < -0.3 is 10.6 Å². The number of benzene rings is 1. The summed E-state index contributed by atoms with van der Waals surface area (Å²) in [5, 5.41) is 16.1. The van der Waals surface area contributed by atoms with Gasteiger partial charge in [-0.3, -0.25) is 4.99 Å². The number of nitrogens with one attached hydrogen (secondary N) is 2. The molecule has 0 heterocycles. The van der Waals surface area contributed by atoms with Gasteiger partial charge in [0, 0.05) is 30.4 Å². The van der Waals surface area contributed by atoms with Gasteiger partial charge in [0.15, 0.2) is 5.96 Å². The van der Waals surface area contributed by atoms with Crippen molar-refractivity contribution < 1.29 is 4.39 Å². The molecule has 0 spiro atoms. The summed E-state index contributed by atoms with van der Waals surface area (Å²) in [5.74, 6) is 0.327. The molecule has 0 amide bonds. The summed E-state index contributed by atoms with van der Waals surface area (Å²) >= 11 is 1.92. The van der Waals surface area contributed by atoms with Crippen molar-refractivity contribution in [2.75, 3.05) is 13.3 Å². The monoisotopic (exact) mass is 462 g/mol. The number of thioether (sulfide) groups is 1. The van der Waals surface area contributed by atoms with Crippen LogP contribution >= 0.6 is 35.7 Å². The Labute approximate surface area is 164 Å². The fourth-order valence-electron chi connectivity index (χ4n) is 2.82. The molecule has 0 bridgehead atoms. The molecule has 4 nitrogen and oxygen atoms in total. The van der Waals surface area contributed by atoms with Gasteiger partial charge in [-0.15, -0.1) is 24.0 Å². The van der Waals surface area contributed by atoms with E-state index in [0.717, 1.165) is 12.8 Å². The van der Waals surface area contributed by atoms with Crippen molar-refractivity contribution in [1.82, 2.24) is 10.6 Å². The molecule has 1 fully saturated rings. The molecule has 2 N–H and O–H groups in total. The molecule has 1 saturated carbocycles. The smallest absolute Gasteiger partial charge is 0.191 e. The Morgan fingerprint density at radius 3 is 2.88 bits per heavy atom. The molecule has 1 aromatic carbocycles. The van der Waals surface area contributed by atoms with E-state index in [-0.39, 0.29) is 29.8 Å². The molecule has 2 rings (SSSR count). The van der Waals surface area contributed by atoms with E-state index in [9.17, 15) is 4.39 Å². The second-order valence-corrected chi connectivity index (χ2v) is 6.85. The van der Waals surface area contributed by atoms with E-state index in [4.69, 9.17) is 5.26 Å². The maximum Gasteiger partial charge on any atom is 0.191 e. The SMILES string of the molecule is CN=C(NCc1ccc(C#N)cc1F)NC1CCCC(SC)C1.I. The molecule has 132 valence electrons. The lowest BCUT2D eigenvalue weighted by Gasteiger charge is -2.29. The second kappa shape index (κ2) is 10.8. The summed E-state index contributed by atoms with van der Waals surface area (Å²) in [6.45, 7) is 0.343. The minimum absolute atomic E-state index is 0. The molecular weight excluding hydrogens is 438 g/mol. The van der Waals surface area contributed by atoms with Crippen LogP contribution in [0.5, 0.6) is 0 Å². The highest BCUT2D eigenvalue weighted by Crippen LogP contribution is 2.26. The van der Waals surface area contributed by atoms with Crippen molar-refractivity contribution in [1.29, 1.82) is 5.26 Å². The summed E-state index contributed by atoms with van der Waals surface area (Å²) in [5.41, 5.74) is 0.858. The molecule has 1 aliphatic carbocycles. The van der Waals surface area contributed by atoms with Crippen LogP contribution in [0, 0.1) is 17.1 Å². The quantitative estimate of drug-likeness (QED) is 0.408. The predicted molar refractivity (Wildman–Crippen MR) is 109 cm³/mol. The van der Waals surface area contributed by atoms with Crippen LogP contribution in [-0.2, 0) is 6.54 Å². The number of rotatable bonds is 4. The third kappa shape index (κ3) is 6.13. The van der Waals surface area contributed by atoms with Crippen molar-refractivity contribution in [3.63, 3.8) is 0 Å². The summed E-state index contributed by atoms with van der Waals surface area (Å²) in [7, 11) is 1.72. The number of nitriles is 1. The number of aliphatic imine (C=N–C) groups is 1. The Bertz CT molecular complexity index is 603. The van der Waals surface area contributed by atoms with Crippen LogP contribution in [0.2, 0.25) is 0 Å². The first-order chi connectivity index (χ1) is 11.2. The van der Waals surface area contributed by atoms with Crippen LogP contribution in [0.25, 0.3) is 0 Å². The van der Waals surface area contributed by atoms with Crippen LogP contribution in [-0.4, -0.2) is 30.6 Å². The van der Waals surface area contributed by atoms with E-state index < -0.39 is 0 Å². The van der Waals surface area contributed by atoms with Gasteiger partial charge in [-0.05, 0) is 37.7 Å². The van der Waals surface area contributed by atoms with E-state index in [1.54, 1.807) is 19.2 Å². The Kier molecular flexibility index (Phi) is 9.44. The van der Waals surface area contributed by atoms with Crippen molar-refractivity contribution in [2.45, 2.75) is 43.5 Å². The topological polar surface area (TPSA) is 60.2 Å². The lowest BCUT2D eigenvalue weighted by atomic mass is 9.95. The molecule has 7 heteroatoms. The Hall–Kier alpha value is -1.01. The first kappa shape index (κ1) is 21.0. The molecule has 0 radical (unpaired) electrons. The van der Waals surface area contributed by atoms with Gasteiger partial charge in [-0.1, -0.05) is 12.5 Å². The number of halogens is 2. The summed E-state index contributed by atoms with van der Waals surface area (Å²) in [6, 6.07) is 6.88. The zero-order valence-electron chi connectivity index (χ0n) is 14.0. The molecule has 24 heavy (non-hydrogen) atoms. The first-order valence-corrected chi connectivity index (χ1v) is 9.13. The average Bonchev–Trinajstić information content (AvgIpc) is 2.59. The summed E-state index contributed by atoms with van der Waals surface area (Å²) in [4.78, 5) is 4.22. The fraction of sp³-hybridized carbons (Fsp3) is 0.529. The van der Waals surface area contributed by atoms with Crippen molar-refractivity contribution in [3.05, 3.63) is 35.1 Å². The summed E-state index contributed by atoms with van der Waals surface area (Å²) < 4.78 is 13.9. The highest BCUT2D eigenvalue weighted by molar-refractivity contribution is 14.0. The highest BCUT2D eigenvalue weighted by Gasteiger charge is 2.21. The van der Waals surface area contributed by atoms with Crippen LogP contribution < -0.4 is 10.6 Å². The highest BCUT2D eigenvalue weighted by atomic mass is 127. The fourth-order valence-corrected chi connectivity index (χ4v) is 3.64. The average molecular weight is 462 g/mol. The van der Waals surface area contributed by atoms with Gasteiger partial charge in [0.25, 0.3) is 0 Å². The standard InChI is InChI=1S/C17H23FN4S.HI/c1-20-17(22-14-4-3-5-15(9-14)23-2)21-11-13-7-6-12(10-19)8-16(13)18;/h6-8,14-15H,3-5,9,11H2,1-2H3,(H2,20,21,22);1H. The molecule has 0 saturated heterocycles. The number of hydrogen-bond acceptors (Lipinski definition) is 3. The number of nitrogens with zero attached hydrogens (tertiary/aromatic N) is 2. The van der Waals surface area contributed by atoms with Gasteiger partial charge in [0.1, 0.15) is 5.82 Å². The van der Waals surface area contributed by atoms with Crippen LogP contribution in [0.3, 0.4) is 0 Å². The molecule has 2 atom stereocenters. The minimum Gasteiger partial charge on any atom is -0.354 e. The van der Waals surface area contributed by atoms with E-state index in [0.29, 0.717) is 34.9 Å². The maximum absolute atomic E-state index is 13.9. The van der Waals surface area contributed by atoms with E-state index in [1.165, 1.54) is 18.9 Å². The normalized spacial score (nSPS) is 20.7. The van der Waals surface area contributed by atoms with Gasteiger partial charge in [-0.25, -0.2) is 4.39 Å². The number of hydrogen-bond donors (Lipinski definition) is 2. The molecule has 1 aromatic rings. The van der Waals surface area contributed by atoms with Gasteiger partial charge in [-0.2, -0.15) is 17.0 Å². The minimum atomic E-state index is -0.368. The van der Waals surface area contributed by atoms with Crippen LogP contribution in [0.15, 0.2) is 23.2 Å². The van der Waals surface area contributed by atoms with Gasteiger partial charge in [0.2, 0.25) is 0 Å². The Morgan fingerprint density at radius 2 is 2.25 bits per heavy atom. The molecule has 0 aromatic heterocycles. The second-order valence-electron chi connectivity index (χ2n) is 5.71. The van der Waals surface area contributed by atoms with E-state index >= 15 is 0 Å². The Morgan fingerprint density at radius 1 is 1.46 bits per heavy atom. The zero-order valence-corrected chi connectivity index (χ0v) is 17.2. The lowest BCUT2D eigenvalue weighted by Crippen LogP contribution is -2.45. The van der Waals surface area contributed by atoms with E-state index in [1.807, 2.05) is 17.8 Å². The zero-order chi connectivity index (χ0) is 16.7. The van der Waals surface area contributed by atoms with Gasteiger partial charge in [0.05, 0.1) is 11.6 Å². The largest absolute Gasteiger partial charge is 0.354 e.